The van der Waals surface area contributed by atoms with E-state index in [-0.39, 0.29) is 17.2 Å². The molecule has 0 spiro atoms. The molecular weight excluding hydrogens is 456 g/mol. The Morgan fingerprint density at radius 1 is 1.14 bits per heavy atom. The van der Waals surface area contributed by atoms with E-state index < -0.39 is 0 Å². The van der Waals surface area contributed by atoms with Crippen LogP contribution in [0, 0.1) is 11.3 Å². The lowest BCUT2D eigenvalue weighted by molar-refractivity contribution is -0.116. The van der Waals surface area contributed by atoms with E-state index >= 15 is 0 Å². The molecule has 0 aliphatic carbocycles. The van der Waals surface area contributed by atoms with Crippen molar-refractivity contribution in [2.45, 2.75) is 22.7 Å². The highest BCUT2D eigenvalue weighted by molar-refractivity contribution is 8.00. The van der Waals surface area contributed by atoms with Gasteiger partial charge in [0, 0.05) is 30.6 Å². The molecule has 1 aliphatic heterocycles. The van der Waals surface area contributed by atoms with Crippen molar-refractivity contribution in [1.82, 2.24) is 20.1 Å². The van der Waals surface area contributed by atoms with Crippen LogP contribution in [0.4, 0.5) is 5.69 Å². The number of hydrogen-bond acceptors (Lipinski definition) is 6. The zero-order valence-electron chi connectivity index (χ0n) is 19.2. The number of amides is 1. The first-order valence-electron chi connectivity index (χ1n) is 11.3. The molecule has 5 rings (SSSR count). The van der Waals surface area contributed by atoms with Crippen molar-refractivity contribution in [2.75, 3.05) is 11.9 Å². The highest BCUT2D eigenvalue weighted by Gasteiger charge is 2.35. The third-order valence-electron chi connectivity index (χ3n) is 5.97. The fourth-order valence-electron chi connectivity index (χ4n) is 4.14. The second-order valence-electron chi connectivity index (χ2n) is 8.41. The maximum atomic E-state index is 13.3. The van der Waals surface area contributed by atoms with E-state index in [1.807, 2.05) is 80.1 Å². The number of aryl methyl sites for hydroxylation is 1. The Hall–Kier alpha value is -3.93. The molecule has 0 bridgehead atoms. The number of nitriles is 1. The maximum absolute atomic E-state index is 13.3. The van der Waals surface area contributed by atoms with E-state index in [0.717, 1.165) is 39.4 Å². The van der Waals surface area contributed by atoms with Gasteiger partial charge in [0.15, 0.2) is 0 Å². The van der Waals surface area contributed by atoms with Gasteiger partial charge >= 0.3 is 0 Å². The van der Waals surface area contributed by atoms with Crippen LogP contribution in [0.1, 0.15) is 22.7 Å². The van der Waals surface area contributed by atoms with Gasteiger partial charge in [-0.15, -0.1) is 0 Å². The van der Waals surface area contributed by atoms with E-state index in [2.05, 4.69) is 26.8 Å². The van der Waals surface area contributed by atoms with Crippen molar-refractivity contribution in [3.05, 3.63) is 95.9 Å². The number of thioether (sulfide) groups is 1. The molecule has 1 amide bonds. The minimum atomic E-state index is -0.373. The molecule has 7 nitrogen and oxygen atoms in total. The summed E-state index contributed by atoms with van der Waals surface area (Å²) in [4.78, 5) is 17.9. The number of nitrogens with one attached hydrogen (secondary N) is 2. The van der Waals surface area contributed by atoms with Crippen LogP contribution >= 0.6 is 11.8 Å². The molecule has 0 radical (unpaired) electrons. The summed E-state index contributed by atoms with van der Waals surface area (Å²) < 4.78 is 1.74. The average Bonchev–Trinajstić information content (AvgIpc) is 3.33. The Morgan fingerprint density at radius 2 is 1.94 bits per heavy atom. The number of rotatable bonds is 7. The van der Waals surface area contributed by atoms with Crippen molar-refractivity contribution in [2.24, 2.45) is 7.05 Å². The smallest absolute Gasteiger partial charge is 0.239 e. The van der Waals surface area contributed by atoms with Gasteiger partial charge in [-0.2, -0.15) is 10.4 Å². The minimum Gasteiger partial charge on any atom is -0.323 e. The zero-order valence-corrected chi connectivity index (χ0v) is 20.0. The van der Waals surface area contributed by atoms with Gasteiger partial charge < -0.3 is 10.6 Å². The molecular formula is C27H24N6OS. The molecule has 35 heavy (non-hydrogen) atoms. The topological polar surface area (TPSA) is 95.6 Å². The maximum Gasteiger partial charge on any atom is 0.239 e. The van der Waals surface area contributed by atoms with Crippen molar-refractivity contribution in [1.29, 1.82) is 5.26 Å². The van der Waals surface area contributed by atoms with E-state index in [4.69, 9.17) is 5.26 Å². The van der Waals surface area contributed by atoms with Gasteiger partial charge in [0.1, 0.15) is 10.3 Å². The lowest BCUT2D eigenvalue weighted by atomic mass is 10.0. The third kappa shape index (κ3) is 5.11. The number of benzene rings is 2. The second-order valence-corrected chi connectivity index (χ2v) is 9.54. The van der Waals surface area contributed by atoms with Crippen LogP contribution in [0.5, 0.6) is 0 Å². The fourth-order valence-corrected chi connectivity index (χ4v) is 5.29. The SMILES string of the molecule is Cn1cc(-c2cnc3c(c2)NC(=O)[C@@H]([C@H](NCCc2ccc(C#N)cc2)c2ccccc2)S3)cn1. The van der Waals surface area contributed by atoms with E-state index in [0.29, 0.717) is 12.1 Å². The largest absolute Gasteiger partial charge is 0.323 e. The first kappa shape index (κ1) is 22.8. The molecule has 2 N–H and O–H groups in total. The quantitative estimate of drug-likeness (QED) is 0.409. The summed E-state index contributed by atoms with van der Waals surface area (Å²) in [6.45, 7) is 0.691. The number of nitrogens with zero attached hydrogens (tertiary/aromatic N) is 4. The van der Waals surface area contributed by atoms with Crippen molar-refractivity contribution < 1.29 is 4.79 Å². The van der Waals surface area contributed by atoms with Crippen molar-refractivity contribution in [3.8, 4) is 17.2 Å². The fraction of sp³-hybridized carbons (Fsp3) is 0.185. The second kappa shape index (κ2) is 10.1. The Labute approximate surface area is 208 Å². The van der Waals surface area contributed by atoms with Crippen molar-refractivity contribution >= 4 is 23.4 Å². The number of carbonyl (C=O) groups excluding carboxylic acids is 1. The monoisotopic (exact) mass is 480 g/mol. The van der Waals surface area contributed by atoms with E-state index in [9.17, 15) is 4.79 Å². The standard InChI is InChI=1S/C27H24N6OS/c1-33-17-22(16-31-33)21-13-23-27(30-15-21)35-25(26(34)32-23)24(20-5-3-2-4-6-20)29-12-11-18-7-9-19(14-28)10-8-18/h2-10,13,15-17,24-25,29H,11-12H2,1H3,(H,32,34)/t24-,25-/m1/s1. The van der Waals surface area contributed by atoms with Crippen LogP contribution < -0.4 is 10.6 Å². The van der Waals surface area contributed by atoms with E-state index in [1.165, 1.54) is 11.8 Å². The summed E-state index contributed by atoms with van der Waals surface area (Å²) in [6, 6.07) is 21.6. The number of hydrogen-bond donors (Lipinski definition) is 2. The highest BCUT2D eigenvalue weighted by Crippen LogP contribution is 2.40. The lowest BCUT2D eigenvalue weighted by Crippen LogP contribution is -2.41. The molecule has 4 aromatic rings. The van der Waals surface area contributed by atoms with Crippen LogP contribution in [0.3, 0.4) is 0 Å². The van der Waals surface area contributed by atoms with Crippen LogP contribution in [-0.4, -0.2) is 32.5 Å². The molecule has 2 atom stereocenters. The van der Waals surface area contributed by atoms with Gasteiger partial charge in [-0.25, -0.2) is 4.98 Å². The molecule has 2 aromatic heterocycles. The predicted octanol–water partition coefficient (Wildman–Crippen LogP) is 4.34. The van der Waals surface area contributed by atoms with Crippen LogP contribution in [0.2, 0.25) is 0 Å². The Balaban J connectivity index is 1.35. The molecule has 0 saturated heterocycles. The summed E-state index contributed by atoms with van der Waals surface area (Å²) in [5.41, 5.74) is 5.43. The first-order valence-corrected chi connectivity index (χ1v) is 12.2. The molecule has 0 unspecified atom stereocenters. The number of carbonyl (C=O) groups is 1. The number of fused-ring (bicyclic) bond motifs is 1. The van der Waals surface area contributed by atoms with Gasteiger partial charge in [-0.1, -0.05) is 54.2 Å². The zero-order chi connectivity index (χ0) is 24.2. The predicted molar refractivity (Wildman–Crippen MR) is 137 cm³/mol. The third-order valence-corrected chi connectivity index (χ3v) is 7.26. The van der Waals surface area contributed by atoms with Crippen molar-refractivity contribution in [3.63, 3.8) is 0 Å². The van der Waals surface area contributed by atoms with Gasteiger partial charge in [0.2, 0.25) is 5.91 Å². The molecule has 0 fully saturated rings. The van der Waals surface area contributed by atoms with Crippen LogP contribution in [0.25, 0.3) is 11.1 Å². The number of aromatic nitrogens is 3. The summed E-state index contributed by atoms with van der Waals surface area (Å²) in [5, 5.41) is 20.3. The average molecular weight is 481 g/mol. The summed E-state index contributed by atoms with van der Waals surface area (Å²) in [7, 11) is 1.87. The highest BCUT2D eigenvalue weighted by atomic mass is 32.2. The molecule has 174 valence electrons. The molecule has 2 aromatic carbocycles. The Morgan fingerprint density at radius 3 is 2.66 bits per heavy atom. The normalized spacial score (nSPS) is 15.7. The number of pyridine rings is 1. The van der Waals surface area contributed by atoms with Gasteiger partial charge in [0.25, 0.3) is 0 Å². The van der Waals surface area contributed by atoms with Crippen LogP contribution in [-0.2, 0) is 18.3 Å². The van der Waals surface area contributed by atoms with E-state index in [1.54, 1.807) is 10.9 Å². The Kier molecular flexibility index (Phi) is 6.62. The molecule has 0 saturated carbocycles. The number of anilines is 1. The van der Waals surface area contributed by atoms with Crippen LogP contribution in [0.15, 0.2) is 84.3 Å². The molecule has 3 heterocycles. The summed E-state index contributed by atoms with van der Waals surface area (Å²) >= 11 is 1.49. The minimum absolute atomic E-state index is 0.0487. The first-order chi connectivity index (χ1) is 17.1. The molecule has 8 heteroatoms. The lowest BCUT2D eigenvalue weighted by Gasteiger charge is -2.31. The Bertz CT molecular complexity index is 1380. The van der Waals surface area contributed by atoms with Gasteiger partial charge in [-0.3, -0.25) is 9.48 Å². The van der Waals surface area contributed by atoms with Gasteiger partial charge in [-0.05, 0) is 42.3 Å². The van der Waals surface area contributed by atoms with Gasteiger partial charge in [0.05, 0.1) is 29.6 Å². The summed E-state index contributed by atoms with van der Waals surface area (Å²) in [5.74, 6) is -0.0487. The summed E-state index contributed by atoms with van der Waals surface area (Å²) in [6.07, 6.45) is 6.32. The molecule has 1 aliphatic rings.